The van der Waals surface area contributed by atoms with Crippen LogP contribution in [0.2, 0.25) is 10.0 Å². The van der Waals surface area contributed by atoms with Gasteiger partial charge >= 0.3 is 0 Å². The average Bonchev–Trinajstić information content (AvgIpc) is 3.02. The number of nitrogens with one attached hydrogen (secondary N) is 2. The van der Waals surface area contributed by atoms with Crippen LogP contribution in [0.3, 0.4) is 0 Å². The Morgan fingerprint density at radius 3 is 2.57 bits per heavy atom. The molecular formula is C21H23Cl2N3O4. The summed E-state index contributed by atoms with van der Waals surface area (Å²) < 4.78 is 11.8. The summed E-state index contributed by atoms with van der Waals surface area (Å²) in [6.07, 6.45) is 4.68. The molecule has 2 N–H and O–H groups in total. The van der Waals surface area contributed by atoms with Crippen LogP contribution in [-0.2, 0) is 4.84 Å². The summed E-state index contributed by atoms with van der Waals surface area (Å²) in [5.74, 6) is 0.550. The maximum Gasteiger partial charge on any atom is 0.255 e. The molecule has 1 aliphatic rings. The number of carbonyl (C=O) groups is 1. The highest BCUT2D eigenvalue weighted by Gasteiger charge is 2.30. The van der Waals surface area contributed by atoms with Crippen LogP contribution in [0.15, 0.2) is 42.4 Å². The van der Waals surface area contributed by atoms with Gasteiger partial charge in [-0.15, -0.1) is 0 Å². The number of allylic oxidation sites excluding steroid dienone is 1. The SMILES string of the molecule is CC1=CC(C)(COc2cc(C(=O)Nc3c(Cl)cncc3Cl)ccc2OC(C)C)ON1. The molecule has 0 fully saturated rings. The Morgan fingerprint density at radius 1 is 1.27 bits per heavy atom. The van der Waals surface area contributed by atoms with Crippen molar-refractivity contribution in [3.05, 3.63) is 58.0 Å². The van der Waals surface area contributed by atoms with Crippen LogP contribution < -0.4 is 20.3 Å². The van der Waals surface area contributed by atoms with Gasteiger partial charge in [0.15, 0.2) is 11.5 Å². The minimum absolute atomic E-state index is 0.0661. The van der Waals surface area contributed by atoms with Crippen molar-refractivity contribution in [3.63, 3.8) is 0 Å². The molecule has 1 unspecified atom stereocenters. The molecule has 0 saturated carbocycles. The summed E-state index contributed by atoms with van der Waals surface area (Å²) in [5, 5.41) is 3.20. The van der Waals surface area contributed by atoms with Crippen LogP contribution in [0.25, 0.3) is 0 Å². The van der Waals surface area contributed by atoms with Gasteiger partial charge in [-0.2, -0.15) is 0 Å². The number of carbonyl (C=O) groups excluding carboxylic acids is 1. The summed E-state index contributed by atoms with van der Waals surface area (Å²) in [4.78, 5) is 22.2. The second-order valence-electron chi connectivity index (χ2n) is 7.39. The number of amides is 1. The van der Waals surface area contributed by atoms with E-state index in [1.54, 1.807) is 18.2 Å². The molecule has 1 aromatic carbocycles. The molecule has 7 nitrogen and oxygen atoms in total. The lowest BCUT2D eigenvalue weighted by molar-refractivity contribution is -0.0526. The molecule has 3 rings (SSSR count). The highest BCUT2D eigenvalue weighted by molar-refractivity contribution is 6.39. The van der Waals surface area contributed by atoms with Crippen molar-refractivity contribution in [2.24, 2.45) is 0 Å². The topological polar surface area (TPSA) is 81.7 Å². The van der Waals surface area contributed by atoms with E-state index in [0.29, 0.717) is 22.7 Å². The first kappa shape index (κ1) is 22.2. The van der Waals surface area contributed by atoms with Gasteiger partial charge in [-0.05, 0) is 52.0 Å². The molecule has 0 aliphatic carbocycles. The third-order valence-electron chi connectivity index (χ3n) is 4.14. The Bertz CT molecular complexity index is 960. The van der Waals surface area contributed by atoms with Gasteiger partial charge in [0.05, 0.1) is 21.8 Å². The van der Waals surface area contributed by atoms with E-state index in [0.717, 1.165) is 5.70 Å². The fourth-order valence-electron chi connectivity index (χ4n) is 2.84. The van der Waals surface area contributed by atoms with Crippen molar-refractivity contribution < 1.29 is 19.1 Å². The second-order valence-corrected chi connectivity index (χ2v) is 8.21. The molecule has 2 aromatic rings. The van der Waals surface area contributed by atoms with Gasteiger partial charge in [0.2, 0.25) is 0 Å². The van der Waals surface area contributed by atoms with Gasteiger partial charge in [-0.25, -0.2) is 0 Å². The van der Waals surface area contributed by atoms with E-state index < -0.39 is 11.5 Å². The van der Waals surface area contributed by atoms with Crippen molar-refractivity contribution >= 4 is 34.8 Å². The average molecular weight is 452 g/mol. The Balaban J connectivity index is 1.83. The highest BCUT2D eigenvalue weighted by Crippen LogP contribution is 2.33. The molecule has 0 bridgehead atoms. The molecule has 160 valence electrons. The zero-order valence-corrected chi connectivity index (χ0v) is 18.6. The lowest BCUT2D eigenvalue weighted by Crippen LogP contribution is -2.33. The first-order valence-corrected chi connectivity index (χ1v) is 10.1. The quantitative estimate of drug-likeness (QED) is 0.615. The Labute approximate surface area is 185 Å². The Hall–Kier alpha value is -2.48. The van der Waals surface area contributed by atoms with Crippen LogP contribution in [-0.4, -0.2) is 29.2 Å². The summed E-state index contributed by atoms with van der Waals surface area (Å²) in [5.41, 5.74) is 3.72. The predicted molar refractivity (Wildman–Crippen MR) is 116 cm³/mol. The largest absolute Gasteiger partial charge is 0.487 e. The number of nitrogens with zero attached hydrogens (tertiary/aromatic N) is 1. The van der Waals surface area contributed by atoms with Gasteiger partial charge in [0.25, 0.3) is 5.91 Å². The Kier molecular flexibility index (Phi) is 6.75. The van der Waals surface area contributed by atoms with Crippen molar-refractivity contribution in [2.75, 3.05) is 11.9 Å². The van der Waals surface area contributed by atoms with Gasteiger partial charge in [0.1, 0.15) is 12.2 Å². The zero-order valence-electron chi connectivity index (χ0n) is 17.1. The first-order chi connectivity index (χ1) is 14.2. The minimum atomic E-state index is -0.643. The zero-order chi connectivity index (χ0) is 21.9. The second kappa shape index (κ2) is 9.12. The fraction of sp³-hybridized carbons (Fsp3) is 0.333. The molecule has 9 heteroatoms. The highest BCUT2D eigenvalue weighted by atomic mass is 35.5. The van der Waals surface area contributed by atoms with Crippen LogP contribution >= 0.6 is 23.2 Å². The lowest BCUT2D eigenvalue weighted by atomic mass is 10.1. The van der Waals surface area contributed by atoms with E-state index in [1.165, 1.54) is 12.4 Å². The number of benzene rings is 1. The maximum atomic E-state index is 12.8. The maximum absolute atomic E-state index is 12.8. The van der Waals surface area contributed by atoms with Crippen LogP contribution in [0, 0.1) is 0 Å². The number of anilines is 1. The molecule has 1 amide bonds. The molecule has 1 atom stereocenters. The van der Waals surface area contributed by atoms with Crippen LogP contribution in [0.1, 0.15) is 38.1 Å². The van der Waals surface area contributed by atoms with E-state index in [-0.39, 0.29) is 22.8 Å². The summed E-state index contributed by atoms with van der Waals surface area (Å²) in [6.45, 7) is 7.84. The number of hydrogen-bond acceptors (Lipinski definition) is 6. The summed E-state index contributed by atoms with van der Waals surface area (Å²) in [7, 11) is 0. The van der Waals surface area contributed by atoms with Gasteiger partial charge in [-0.1, -0.05) is 23.2 Å². The number of halogens is 2. The first-order valence-electron chi connectivity index (χ1n) is 9.34. The van der Waals surface area contributed by atoms with Crippen molar-refractivity contribution in [1.29, 1.82) is 0 Å². The number of ether oxygens (including phenoxy) is 2. The fourth-order valence-corrected chi connectivity index (χ4v) is 3.30. The molecule has 1 aromatic heterocycles. The van der Waals surface area contributed by atoms with Crippen molar-refractivity contribution in [2.45, 2.75) is 39.4 Å². The normalized spacial score (nSPS) is 18.0. The molecule has 0 saturated heterocycles. The number of rotatable bonds is 7. The standard InChI is InChI=1S/C21H23Cl2N3O4/c1-12(2)29-17-6-5-14(20(27)25-19-15(22)9-24-10-16(19)23)7-18(17)28-11-21(4)8-13(3)26-30-21/h5-10,12,26H,11H2,1-4H3,(H,24,25,27). The third-order valence-corrected chi connectivity index (χ3v) is 4.71. The molecular weight excluding hydrogens is 429 g/mol. The molecule has 0 radical (unpaired) electrons. The lowest BCUT2D eigenvalue weighted by Gasteiger charge is -2.22. The van der Waals surface area contributed by atoms with Gasteiger partial charge in [-0.3, -0.25) is 20.1 Å². The predicted octanol–water partition coefficient (Wildman–Crippen LogP) is 5.00. The molecule has 2 heterocycles. The van der Waals surface area contributed by atoms with E-state index in [1.807, 2.05) is 33.8 Å². The summed E-state index contributed by atoms with van der Waals surface area (Å²) >= 11 is 12.2. The van der Waals surface area contributed by atoms with E-state index >= 15 is 0 Å². The van der Waals surface area contributed by atoms with Crippen molar-refractivity contribution in [3.8, 4) is 11.5 Å². The minimum Gasteiger partial charge on any atom is -0.487 e. The third kappa shape index (κ3) is 5.36. The number of aromatic nitrogens is 1. The number of hydroxylamine groups is 1. The number of hydrogen-bond donors (Lipinski definition) is 2. The van der Waals surface area contributed by atoms with Gasteiger partial charge in [0, 0.05) is 23.7 Å². The van der Waals surface area contributed by atoms with E-state index in [4.69, 9.17) is 37.5 Å². The van der Waals surface area contributed by atoms with Gasteiger partial charge < -0.3 is 14.8 Å². The summed E-state index contributed by atoms with van der Waals surface area (Å²) in [6, 6.07) is 4.94. The van der Waals surface area contributed by atoms with E-state index in [9.17, 15) is 4.79 Å². The van der Waals surface area contributed by atoms with Crippen molar-refractivity contribution in [1.82, 2.24) is 10.5 Å². The number of pyridine rings is 1. The smallest absolute Gasteiger partial charge is 0.255 e. The van der Waals surface area contributed by atoms with Crippen LogP contribution in [0.5, 0.6) is 11.5 Å². The van der Waals surface area contributed by atoms with E-state index in [2.05, 4.69) is 15.8 Å². The van der Waals surface area contributed by atoms with Crippen LogP contribution in [0.4, 0.5) is 5.69 Å². The molecule has 1 aliphatic heterocycles. The molecule has 30 heavy (non-hydrogen) atoms. The monoisotopic (exact) mass is 451 g/mol. The Morgan fingerprint density at radius 2 is 1.97 bits per heavy atom. The molecule has 0 spiro atoms.